The molecule has 0 N–H and O–H groups in total. The van der Waals surface area contributed by atoms with Crippen LogP contribution in [-0.4, -0.2) is 44.2 Å². The van der Waals surface area contributed by atoms with Crippen LogP contribution in [0.4, 0.5) is 5.69 Å². The topological polar surface area (TPSA) is 75.0 Å². The lowest BCUT2D eigenvalue weighted by Gasteiger charge is -2.42. The van der Waals surface area contributed by atoms with Gasteiger partial charge in [0.05, 0.1) is 50.0 Å². The number of allylic oxidation sites excluding steroid dienone is 1. The summed E-state index contributed by atoms with van der Waals surface area (Å²) in [6, 6.07) is 15.8. The van der Waals surface area contributed by atoms with Gasteiger partial charge in [0.1, 0.15) is 5.75 Å². The van der Waals surface area contributed by atoms with E-state index in [1.54, 1.807) is 19.1 Å². The van der Waals surface area contributed by atoms with Gasteiger partial charge in [0, 0.05) is 18.0 Å². The van der Waals surface area contributed by atoms with Crippen LogP contribution in [0.15, 0.2) is 53.1 Å². The molecule has 0 aliphatic carbocycles. The number of carbonyl (C=O) groups is 1. The number of carbonyl (C=O) groups excluding carboxylic acids is 1. The van der Waals surface area contributed by atoms with Crippen molar-refractivity contribution in [2.24, 2.45) is 0 Å². The number of amides is 1. The smallest absolute Gasteiger partial charge is 0.229 e. The number of hydrogen-bond acceptors (Lipinski definition) is 7. The summed E-state index contributed by atoms with van der Waals surface area (Å²) >= 11 is 1.52. The molecule has 0 bridgehead atoms. The van der Waals surface area contributed by atoms with Gasteiger partial charge in [0.15, 0.2) is 11.5 Å². The molecular formula is C24H25N3O4S. The van der Waals surface area contributed by atoms with Crippen LogP contribution in [0.1, 0.15) is 24.8 Å². The number of thioether (sulfide) groups is 1. The first kappa shape index (κ1) is 21.9. The largest absolute Gasteiger partial charge is 0.494 e. The summed E-state index contributed by atoms with van der Waals surface area (Å²) < 4.78 is 16.3. The first-order valence-electron chi connectivity index (χ1n) is 10.4. The third kappa shape index (κ3) is 4.08. The van der Waals surface area contributed by atoms with Crippen molar-refractivity contribution in [1.29, 1.82) is 5.26 Å². The summed E-state index contributed by atoms with van der Waals surface area (Å²) in [6.07, 6.45) is 0.236. The minimum Gasteiger partial charge on any atom is -0.494 e. The summed E-state index contributed by atoms with van der Waals surface area (Å²) in [7, 11) is 3.16. The predicted molar refractivity (Wildman–Crippen MR) is 124 cm³/mol. The maximum absolute atomic E-state index is 13.1. The lowest BCUT2D eigenvalue weighted by Crippen LogP contribution is -2.47. The van der Waals surface area contributed by atoms with Crippen LogP contribution in [0.3, 0.4) is 0 Å². The van der Waals surface area contributed by atoms with Gasteiger partial charge in [-0.1, -0.05) is 17.8 Å². The maximum atomic E-state index is 13.1. The molecule has 2 aliphatic rings. The summed E-state index contributed by atoms with van der Waals surface area (Å²) in [5.41, 5.74) is 2.50. The van der Waals surface area contributed by atoms with E-state index in [1.807, 2.05) is 49.4 Å². The van der Waals surface area contributed by atoms with Crippen LogP contribution in [0.5, 0.6) is 17.2 Å². The van der Waals surface area contributed by atoms with E-state index in [4.69, 9.17) is 14.2 Å². The highest BCUT2D eigenvalue weighted by atomic mass is 32.2. The number of nitriles is 1. The second kappa shape index (κ2) is 9.45. The second-order valence-electron chi connectivity index (χ2n) is 7.41. The lowest BCUT2D eigenvalue weighted by molar-refractivity contribution is -0.129. The van der Waals surface area contributed by atoms with Crippen molar-refractivity contribution >= 4 is 23.4 Å². The molecule has 32 heavy (non-hydrogen) atoms. The number of methoxy groups -OCH3 is 2. The molecule has 0 spiro atoms. The van der Waals surface area contributed by atoms with Crippen molar-refractivity contribution in [3.8, 4) is 23.3 Å². The highest BCUT2D eigenvalue weighted by Gasteiger charge is 2.38. The number of anilines is 1. The summed E-state index contributed by atoms with van der Waals surface area (Å²) in [5, 5.41) is 10.7. The van der Waals surface area contributed by atoms with Gasteiger partial charge < -0.3 is 19.1 Å². The van der Waals surface area contributed by atoms with Gasteiger partial charge in [-0.25, -0.2) is 0 Å². The Bertz CT molecular complexity index is 1080. The first-order chi connectivity index (χ1) is 15.6. The zero-order valence-electron chi connectivity index (χ0n) is 18.3. The van der Waals surface area contributed by atoms with E-state index < -0.39 is 0 Å². The number of benzene rings is 2. The molecule has 1 fully saturated rings. The zero-order valence-corrected chi connectivity index (χ0v) is 19.1. The summed E-state index contributed by atoms with van der Waals surface area (Å²) in [6.45, 7) is 2.99. The average molecular weight is 452 g/mol. The minimum atomic E-state index is -0.303. The normalized spacial score (nSPS) is 18.2. The Hall–Kier alpha value is -3.31. The van der Waals surface area contributed by atoms with Crippen LogP contribution in [-0.2, 0) is 4.79 Å². The fraction of sp³-hybridized carbons (Fsp3) is 0.333. The molecule has 1 amide bonds. The highest BCUT2D eigenvalue weighted by Crippen LogP contribution is 2.44. The molecule has 7 nitrogen and oxygen atoms in total. The summed E-state index contributed by atoms with van der Waals surface area (Å²) in [4.78, 5) is 17.0. The molecule has 2 aliphatic heterocycles. The molecule has 4 rings (SSSR count). The van der Waals surface area contributed by atoms with E-state index in [1.165, 1.54) is 11.8 Å². The predicted octanol–water partition coefficient (Wildman–Crippen LogP) is 4.32. The Morgan fingerprint density at radius 2 is 1.88 bits per heavy atom. The van der Waals surface area contributed by atoms with E-state index >= 15 is 0 Å². The van der Waals surface area contributed by atoms with Gasteiger partial charge in [-0.3, -0.25) is 9.69 Å². The van der Waals surface area contributed by atoms with Crippen LogP contribution in [0, 0.1) is 11.3 Å². The van der Waals surface area contributed by atoms with Gasteiger partial charge in [0.25, 0.3) is 0 Å². The van der Waals surface area contributed by atoms with E-state index in [-0.39, 0.29) is 18.2 Å². The number of nitrogens with zero attached hydrogens (tertiary/aromatic N) is 3. The molecule has 2 heterocycles. The Kier molecular flexibility index (Phi) is 6.47. The van der Waals surface area contributed by atoms with Crippen molar-refractivity contribution in [3.05, 3.63) is 58.6 Å². The average Bonchev–Trinajstić information content (AvgIpc) is 2.84. The minimum absolute atomic E-state index is 0.00178. The fourth-order valence-corrected chi connectivity index (χ4v) is 5.17. The molecule has 0 saturated carbocycles. The SMILES string of the molecule is CCOc1ccc(N2CSC3=C(C#N)[C@H](c4ccc(OC)c(OC)c4)CC(=O)N3C2)cc1. The molecule has 166 valence electrons. The number of rotatable bonds is 6. The molecule has 0 unspecified atom stereocenters. The molecule has 0 radical (unpaired) electrons. The van der Waals surface area contributed by atoms with E-state index in [0.29, 0.717) is 36.2 Å². The zero-order chi connectivity index (χ0) is 22.7. The molecule has 2 aromatic carbocycles. The molecule has 0 aromatic heterocycles. The Balaban J connectivity index is 1.61. The standard InChI is InChI=1S/C24H25N3O4S/c1-4-31-18-8-6-17(7-9-18)26-14-27-23(28)12-19(20(13-25)24(27)32-15-26)16-5-10-21(29-2)22(11-16)30-3/h5-11,19H,4,12,14-15H2,1-3H3/t19-/m0/s1. The van der Waals surface area contributed by atoms with Gasteiger partial charge in [-0.15, -0.1) is 0 Å². The number of hydrogen-bond donors (Lipinski definition) is 0. The van der Waals surface area contributed by atoms with Crippen molar-refractivity contribution in [2.45, 2.75) is 19.3 Å². The first-order valence-corrected chi connectivity index (χ1v) is 11.3. The van der Waals surface area contributed by atoms with E-state index in [2.05, 4.69) is 11.0 Å². The van der Waals surface area contributed by atoms with Crippen molar-refractivity contribution in [1.82, 2.24) is 4.90 Å². The van der Waals surface area contributed by atoms with Gasteiger partial charge in [0.2, 0.25) is 5.91 Å². The molecule has 1 atom stereocenters. The van der Waals surface area contributed by atoms with Crippen LogP contribution in [0.2, 0.25) is 0 Å². The quantitative estimate of drug-likeness (QED) is 0.647. The summed E-state index contributed by atoms with van der Waals surface area (Å²) in [5.74, 6) is 2.37. The van der Waals surface area contributed by atoms with Crippen LogP contribution < -0.4 is 19.1 Å². The lowest BCUT2D eigenvalue weighted by atomic mass is 9.86. The Labute approximate surface area is 192 Å². The molecule has 2 aromatic rings. The second-order valence-corrected chi connectivity index (χ2v) is 8.34. The number of fused-ring (bicyclic) bond motifs is 1. The third-order valence-electron chi connectivity index (χ3n) is 5.62. The van der Waals surface area contributed by atoms with Crippen LogP contribution in [0.25, 0.3) is 0 Å². The molecular weight excluding hydrogens is 426 g/mol. The number of ether oxygens (including phenoxy) is 3. The van der Waals surface area contributed by atoms with Crippen molar-refractivity contribution < 1.29 is 19.0 Å². The molecule has 8 heteroatoms. The Morgan fingerprint density at radius 3 is 2.53 bits per heavy atom. The molecule has 1 saturated heterocycles. The Morgan fingerprint density at radius 1 is 1.12 bits per heavy atom. The third-order valence-corrected chi connectivity index (χ3v) is 6.77. The van der Waals surface area contributed by atoms with Crippen LogP contribution >= 0.6 is 11.8 Å². The monoisotopic (exact) mass is 451 g/mol. The van der Waals surface area contributed by atoms with Crippen molar-refractivity contribution in [2.75, 3.05) is 38.3 Å². The van der Waals surface area contributed by atoms with Crippen molar-refractivity contribution in [3.63, 3.8) is 0 Å². The van der Waals surface area contributed by atoms with Gasteiger partial charge in [-0.2, -0.15) is 5.26 Å². The van der Waals surface area contributed by atoms with E-state index in [0.717, 1.165) is 22.0 Å². The van der Waals surface area contributed by atoms with E-state index in [9.17, 15) is 10.1 Å². The van der Waals surface area contributed by atoms with Gasteiger partial charge in [-0.05, 0) is 48.9 Å². The maximum Gasteiger partial charge on any atom is 0.229 e. The highest BCUT2D eigenvalue weighted by molar-refractivity contribution is 8.03. The van der Waals surface area contributed by atoms with Gasteiger partial charge >= 0.3 is 0 Å². The fourth-order valence-electron chi connectivity index (χ4n) is 4.00.